The molecule has 0 fully saturated rings. The van der Waals surface area contributed by atoms with Crippen LogP contribution in [-0.4, -0.2) is 51.8 Å². The van der Waals surface area contributed by atoms with Gasteiger partial charge in [-0.3, -0.25) is 9.79 Å². The second-order valence-corrected chi connectivity index (χ2v) is 6.05. The van der Waals surface area contributed by atoms with E-state index >= 15 is 0 Å². The Labute approximate surface area is 179 Å². The topological polar surface area (TPSA) is 84.0 Å². The molecule has 0 heterocycles. The number of carbonyl (C=O) groups is 1. The maximum Gasteiger partial charge on any atom is 0.222 e. The van der Waals surface area contributed by atoms with Crippen LogP contribution < -0.4 is 20.7 Å². The minimum atomic E-state index is -0.0167. The van der Waals surface area contributed by atoms with Gasteiger partial charge in [-0.25, -0.2) is 0 Å². The van der Waals surface area contributed by atoms with Crippen LogP contribution in [0.1, 0.15) is 27.2 Å². The van der Waals surface area contributed by atoms with Crippen molar-refractivity contribution in [2.24, 2.45) is 10.9 Å². The van der Waals surface area contributed by atoms with Crippen LogP contribution in [0.15, 0.2) is 29.3 Å². The Balaban J connectivity index is 0.00000676. The summed E-state index contributed by atoms with van der Waals surface area (Å²) >= 11 is 0. The quantitative estimate of drug-likeness (QED) is 0.192. The summed E-state index contributed by atoms with van der Waals surface area (Å²) in [4.78, 5) is 16.0. The number of hydrogen-bond acceptors (Lipinski definition) is 4. The van der Waals surface area contributed by atoms with Crippen LogP contribution in [0.25, 0.3) is 0 Å². The van der Waals surface area contributed by atoms with Crippen molar-refractivity contribution in [1.82, 2.24) is 10.6 Å². The number of rotatable bonds is 11. The number of hydrogen-bond donors (Lipinski definition) is 3. The largest absolute Gasteiger partial charge is 0.493 e. The van der Waals surface area contributed by atoms with E-state index in [4.69, 9.17) is 9.47 Å². The lowest BCUT2D eigenvalue weighted by Gasteiger charge is -2.13. The number of ether oxygens (including phenoxy) is 2. The highest BCUT2D eigenvalue weighted by Gasteiger charge is 2.05. The van der Waals surface area contributed by atoms with E-state index in [1.807, 2.05) is 45.0 Å². The van der Waals surface area contributed by atoms with Crippen LogP contribution >= 0.6 is 24.0 Å². The van der Waals surface area contributed by atoms with Gasteiger partial charge in [-0.1, -0.05) is 19.9 Å². The lowest BCUT2D eigenvalue weighted by atomic mass is 10.2. The van der Waals surface area contributed by atoms with Crippen molar-refractivity contribution in [3.63, 3.8) is 0 Å². The molecule has 0 atom stereocenters. The minimum absolute atomic E-state index is 0. The van der Waals surface area contributed by atoms with Crippen molar-refractivity contribution in [2.75, 3.05) is 45.3 Å². The van der Waals surface area contributed by atoms with E-state index < -0.39 is 0 Å². The van der Waals surface area contributed by atoms with Gasteiger partial charge >= 0.3 is 0 Å². The van der Waals surface area contributed by atoms with E-state index in [2.05, 4.69) is 20.9 Å². The second kappa shape index (κ2) is 15.5. The molecule has 0 aliphatic carbocycles. The summed E-state index contributed by atoms with van der Waals surface area (Å²) in [6, 6.07) is 7.74. The first-order valence-corrected chi connectivity index (χ1v) is 9.11. The highest BCUT2D eigenvalue weighted by molar-refractivity contribution is 14.0. The number of nitrogens with zero attached hydrogens (tertiary/aromatic N) is 1. The number of carbonyl (C=O) groups excluding carboxylic acids is 1. The van der Waals surface area contributed by atoms with Crippen LogP contribution in [-0.2, 0) is 9.53 Å². The summed E-state index contributed by atoms with van der Waals surface area (Å²) in [6.07, 6.45) is 0.848. The van der Waals surface area contributed by atoms with Crippen LogP contribution in [0.2, 0.25) is 0 Å². The molecule has 0 aliphatic rings. The van der Waals surface area contributed by atoms with Crippen molar-refractivity contribution >= 4 is 41.5 Å². The lowest BCUT2D eigenvalue weighted by Crippen LogP contribution is -2.33. The van der Waals surface area contributed by atoms with Crippen molar-refractivity contribution in [3.05, 3.63) is 24.3 Å². The van der Waals surface area contributed by atoms with Crippen molar-refractivity contribution in [1.29, 1.82) is 0 Å². The summed E-state index contributed by atoms with van der Waals surface area (Å²) in [5, 5.41) is 9.30. The fraction of sp³-hybridized carbons (Fsp3) is 0.579. The average molecular weight is 492 g/mol. The molecule has 0 unspecified atom stereocenters. The maximum absolute atomic E-state index is 11.6. The smallest absolute Gasteiger partial charge is 0.222 e. The van der Waals surface area contributed by atoms with Crippen molar-refractivity contribution in [2.45, 2.75) is 27.2 Å². The standard InChI is InChI=1S/C19H32N4O3.HI/c1-5-20-19(22-11-10-21-18(24)15(2)3)23-16-8-6-9-17(14-16)26-13-7-12-25-4;/h6,8-9,14-15H,5,7,10-13H2,1-4H3,(H,21,24)(H2,20,22,23);1H. The number of halogens is 1. The van der Waals surface area contributed by atoms with Gasteiger partial charge in [0.05, 0.1) is 13.2 Å². The van der Waals surface area contributed by atoms with Gasteiger partial charge in [-0.2, -0.15) is 0 Å². The second-order valence-electron chi connectivity index (χ2n) is 6.05. The van der Waals surface area contributed by atoms with Gasteiger partial charge in [-0.15, -0.1) is 24.0 Å². The van der Waals surface area contributed by atoms with Gasteiger partial charge in [0, 0.05) is 50.9 Å². The normalized spacial score (nSPS) is 10.9. The zero-order valence-corrected chi connectivity index (χ0v) is 19.0. The molecular weight excluding hydrogens is 459 g/mol. The molecule has 154 valence electrons. The van der Waals surface area contributed by atoms with Gasteiger partial charge in [0.15, 0.2) is 5.96 Å². The molecule has 1 aromatic rings. The van der Waals surface area contributed by atoms with Crippen LogP contribution in [0, 0.1) is 5.92 Å². The highest BCUT2D eigenvalue weighted by atomic mass is 127. The third kappa shape index (κ3) is 11.7. The summed E-state index contributed by atoms with van der Waals surface area (Å²) in [5.74, 6) is 1.49. The molecule has 0 bridgehead atoms. The predicted molar refractivity (Wildman–Crippen MR) is 121 cm³/mol. The monoisotopic (exact) mass is 492 g/mol. The molecular formula is C19H33IN4O3. The molecule has 0 saturated carbocycles. The number of aliphatic imine (C=N–C) groups is 1. The Hall–Kier alpha value is -1.55. The summed E-state index contributed by atoms with van der Waals surface area (Å²) in [7, 11) is 1.68. The summed E-state index contributed by atoms with van der Waals surface area (Å²) in [6.45, 7) is 8.80. The molecule has 7 nitrogen and oxygen atoms in total. The zero-order valence-electron chi connectivity index (χ0n) is 16.7. The summed E-state index contributed by atoms with van der Waals surface area (Å²) in [5.41, 5.74) is 0.889. The van der Waals surface area contributed by atoms with Gasteiger partial charge < -0.3 is 25.4 Å². The number of guanidine groups is 1. The molecule has 27 heavy (non-hydrogen) atoms. The van der Waals surface area contributed by atoms with Gasteiger partial charge in [0.1, 0.15) is 5.75 Å². The van der Waals surface area contributed by atoms with E-state index in [-0.39, 0.29) is 35.8 Å². The maximum atomic E-state index is 11.6. The first-order chi connectivity index (χ1) is 12.6. The van der Waals surface area contributed by atoms with E-state index in [0.29, 0.717) is 32.3 Å². The molecule has 1 aromatic carbocycles. The number of amides is 1. The number of anilines is 1. The fourth-order valence-electron chi connectivity index (χ4n) is 2.05. The highest BCUT2D eigenvalue weighted by Crippen LogP contribution is 2.17. The molecule has 1 amide bonds. The third-order valence-electron chi connectivity index (χ3n) is 3.41. The Bertz CT molecular complexity index is 568. The zero-order chi connectivity index (χ0) is 19.2. The average Bonchev–Trinajstić information content (AvgIpc) is 2.62. The molecule has 0 radical (unpaired) electrons. The predicted octanol–water partition coefficient (Wildman–Crippen LogP) is 2.87. The molecule has 0 spiro atoms. The van der Waals surface area contributed by atoms with Gasteiger partial charge in [-0.05, 0) is 19.1 Å². The SMILES string of the molecule is CCNC(=NCCNC(=O)C(C)C)Nc1cccc(OCCCOC)c1.I. The van der Waals surface area contributed by atoms with Gasteiger partial charge in [0.25, 0.3) is 0 Å². The van der Waals surface area contributed by atoms with E-state index in [1.54, 1.807) is 7.11 Å². The first kappa shape index (κ1) is 25.4. The number of benzene rings is 1. The van der Waals surface area contributed by atoms with E-state index in [0.717, 1.165) is 24.4 Å². The molecule has 0 aromatic heterocycles. The van der Waals surface area contributed by atoms with Crippen LogP contribution in [0.5, 0.6) is 5.75 Å². The van der Waals surface area contributed by atoms with E-state index in [1.165, 1.54) is 0 Å². The fourth-order valence-corrected chi connectivity index (χ4v) is 2.05. The molecule has 0 aliphatic heterocycles. The van der Waals surface area contributed by atoms with Crippen molar-refractivity contribution in [3.8, 4) is 5.75 Å². The Morgan fingerprint density at radius 3 is 2.67 bits per heavy atom. The summed E-state index contributed by atoms with van der Waals surface area (Å²) < 4.78 is 10.7. The third-order valence-corrected chi connectivity index (χ3v) is 3.41. The Kier molecular flexibility index (Phi) is 14.6. The number of nitrogens with one attached hydrogen (secondary N) is 3. The first-order valence-electron chi connectivity index (χ1n) is 9.11. The van der Waals surface area contributed by atoms with Crippen molar-refractivity contribution < 1.29 is 14.3 Å². The Morgan fingerprint density at radius 1 is 1.22 bits per heavy atom. The lowest BCUT2D eigenvalue weighted by molar-refractivity contribution is -0.123. The molecule has 1 rings (SSSR count). The number of methoxy groups -OCH3 is 1. The van der Waals surface area contributed by atoms with E-state index in [9.17, 15) is 4.79 Å². The van der Waals surface area contributed by atoms with Crippen LogP contribution in [0.4, 0.5) is 5.69 Å². The van der Waals surface area contributed by atoms with Gasteiger partial charge in [0.2, 0.25) is 5.91 Å². The molecule has 8 heteroatoms. The Morgan fingerprint density at radius 2 is 2.00 bits per heavy atom. The molecule has 0 saturated heterocycles. The minimum Gasteiger partial charge on any atom is -0.493 e. The van der Waals surface area contributed by atoms with Crippen LogP contribution in [0.3, 0.4) is 0 Å². The molecule has 3 N–H and O–H groups in total.